The molecule has 3 rings (SSSR count). The van der Waals surface area contributed by atoms with Crippen LogP contribution in [-0.2, 0) is 22.6 Å². The van der Waals surface area contributed by atoms with Gasteiger partial charge < -0.3 is 5.32 Å². The Bertz CT molecular complexity index is 865. The van der Waals surface area contributed by atoms with Gasteiger partial charge in [-0.05, 0) is 18.6 Å². The number of fused-ring (bicyclic) bond motifs is 1. The fourth-order valence-corrected chi connectivity index (χ4v) is 3.15. The molecule has 0 saturated carbocycles. The number of carbonyl (C=O) groups is 2. The number of hydrogen-bond acceptors (Lipinski definition) is 4. The molecule has 0 aliphatic carbocycles. The van der Waals surface area contributed by atoms with Gasteiger partial charge in [0, 0.05) is 30.8 Å². The molecule has 1 atom stereocenters. The van der Waals surface area contributed by atoms with Crippen LogP contribution >= 0.6 is 0 Å². The van der Waals surface area contributed by atoms with Crippen LogP contribution in [0.2, 0.25) is 0 Å². The Morgan fingerprint density at radius 3 is 2.88 bits per heavy atom. The summed E-state index contributed by atoms with van der Waals surface area (Å²) in [6, 6.07) is 10.8. The van der Waals surface area contributed by atoms with Crippen LogP contribution in [-0.4, -0.2) is 27.6 Å². The summed E-state index contributed by atoms with van der Waals surface area (Å²) in [5.41, 5.74) is 2.63. The average molecular weight is 337 g/mol. The highest BCUT2D eigenvalue weighted by Crippen LogP contribution is 2.32. The average Bonchev–Trinajstić information content (AvgIpc) is 3.13. The standard InChI is InChI=1S/C18H19N5O2/c1-12-10-17(21-22(12)9-5-8-19)20-18(25)16-11-14-6-3-4-7-15(14)23(16)13(2)24/h3-4,6-7,10,16H,5,9,11H2,1-2H3,(H,20,21,25)/t16-/m0/s1. The van der Waals surface area contributed by atoms with Gasteiger partial charge in [0.25, 0.3) is 0 Å². The first kappa shape index (κ1) is 16.7. The summed E-state index contributed by atoms with van der Waals surface area (Å²) < 4.78 is 1.69. The number of para-hydroxylation sites is 1. The Morgan fingerprint density at radius 1 is 1.40 bits per heavy atom. The molecule has 0 fully saturated rings. The summed E-state index contributed by atoms with van der Waals surface area (Å²) in [5, 5.41) is 15.8. The zero-order chi connectivity index (χ0) is 18.0. The van der Waals surface area contributed by atoms with Crippen molar-refractivity contribution in [1.29, 1.82) is 5.26 Å². The van der Waals surface area contributed by atoms with Gasteiger partial charge in [-0.25, -0.2) is 0 Å². The molecule has 0 radical (unpaired) electrons. The molecule has 2 amide bonds. The van der Waals surface area contributed by atoms with Crippen LogP contribution in [0.15, 0.2) is 30.3 Å². The highest BCUT2D eigenvalue weighted by Gasteiger charge is 2.36. The van der Waals surface area contributed by atoms with E-state index < -0.39 is 6.04 Å². The van der Waals surface area contributed by atoms with E-state index in [4.69, 9.17) is 5.26 Å². The molecule has 1 aliphatic rings. The van der Waals surface area contributed by atoms with Crippen LogP contribution in [0.4, 0.5) is 11.5 Å². The van der Waals surface area contributed by atoms with Crippen LogP contribution < -0.4 is 10.2 Å². The summed E-state index contributed by atoms with van der Waals surface area (Å²) >= 11 is 0. The Balaban J connectivity index is 1.78. The molecule has 2 aromatic rings. The first-order chi connectivity index (χ1) is 12.0. The van der Waals surface area contributed by atoms with Gasteiger partial charge in [-0.1, -0.05) is 18.2 Å². The molecule has 1 aromatic carbocycles. The second-order valence-corrected chi connectivity index (χ2v) is 6.03. The number of carbonyl (C=O) groups excluding carboxylic acids is 2. The number of nitrogens with zero attached hydrogens (tertiary/aromatic N) is 4. The van der Waals surface area contributed by atoms with Crippen molar-refractivity contribution in [3.8, 4) is 6.07 Å². The summed E-state index contributed by atoms with van der Waals surface area (Å²) in [6.07, 6.45) is 0.835. The second-order valence-electron chi connectivity index (χ2n) is 6.03. The number of amides is 2. The van der Waals surface area contributed by atoms with Crippen molar-refractivity contribution in [1.82, 2.24) is 9.78 Å². The van der Waals surface area contributed by atoms with Crippen molar-refractivity contribution >= 4 is 23.3 Å². The van der Waals surface area contributed by atoms with Gasteiger partial charge in [-0.3, -0.25) is 19.2 Å². The third-order valence-electron chi connectivity index (χ3n) is 4.29. The zero-order valence-electron chi connectivity index (χ0n) is 14.2. The minimum absolute atomic E-state index is 0.166. The maximum atomic E-state index is 12.7. The van der Waals surface area contributed by atoms with E-state index in [-0.39, 0.29) is 11.8 Å². The molecule has 1 N–H and O–H groups in total. The molecule has 7 nitrogen and oxygen atoms in total. The van der Waals surface area contributed by atoms with Gasteiger partial charge >= 0.3 is 0 Å². The van der Waals surface area contributed by atoms with E-state index in [2.05, 4.69) is 16.5 Å². The van der Waals surface area contributed by atoms with Crippen LogP contribution in [0.1, 0.15) is 24.6 Å². The maximum Gasteiger partial charge on any atom is 0.249 e. The van der Waals surface area contributed by atoms with Gasteiger partial charge in [0.15, 0.2) is 5.82 Å². The number of aromatic nitrogens is 2. The van der Waals surface area contributed by atoms with Gasteiger partial charge in [0.1, 0.15) is 6.04 Å². The molecule has 7 heteroatoms. The summed E-state index contributed by atoms with van der Waals surface area (Å²) in [7, 11) is 0. The Hall–Kier alpha value is -3.14. The normalized spacial score (nSPS) is 15.6. The molecule has 25 heavy (non-hydrogen) atoms. The van der Waals surface area contributed by atoms with E-state index in [1.165, 1.54) is 11.8 Å². The Morgan fingerprint density at radius 2 is 2.16 bits per heavy atom. The molecule has 0 spiro atoms. The zero-order valence-corrected chi connectivity index (χ0v) is 14.2. The van der Waals surface area contributed by atoms with E-state index in [0.29, 0.717) is 25.2 Å². The van der Waals surface area contributed by atoms with Gasteiger partial charge in [-0.15, -0.1) is 0 Å². The lowest BCUT2D eigenvalue weighted by Crippen LogP contribution is -2.44. The maximum absolute atomic E-state index is 12.7. The highest BCUT2D eigenvalue weighted by molar-refractivity contribution is 6.06. The number of anilines is 2. The minimum Gasteiger partial charge on any atom is -0.307 e. The van der Waals surface area contributed by atoms with Crippen LogP contribution in [0, 0.1) is 18.3 Å². The van der Waals surface area contributed by atoms with E-state index in [0.717, 1.165) is 16.9 Å². The second kappa shape index (κ2) is 6.77. The lowest BCUT2D eigenvalue weighted by molar-refractivity contribution is -0.122. The van der Waals surface area contributed by atoms with Crippen LogP contribution in [0.5, 0.6) is 0 Å². The third-order valence-corrected chi connectivity index (χ3v) is 4.29. The number of rotatable bonds is 4. The van der Waals surface area contributed by atoms with Crippen molar-refractivity contribution in [3.63, 3.8) is 0 Å². The number of aryl methyl sites for hydroxylation is 2. The van der Waals surface area contributed by atoms with E-state index >= 15 is 0 Å². The van der Waals surface area contributed by atoms with E-state index in [9.17, 15) is 9.59 Å². The molecule has 0 unspecified atom stereocenters. The summed E-state index contributed by atoms with van der Waals surface area (Å²) in [5.74, 6) is -0.00272. The lowest BCUT2D eigenvalue weighted by Gasteiger charge is -2.23. The minimum atomic E-state index is -0.584. The van der Waals surface area contributed by atoms with Crippen molar-refractivity contribution in [2.45, 2.75) is 39.3 Å². The largest absolute Gasteiger partial charge is 0.307 e. The fourth-order valence-electron chi connectivity index (χ4n) is 3.15. The van der Waals surface area contributed by atoms with E-state index in [1.54, 1.807) is 10.7 Å². The van der Waals surface area contributed by atoms with Gasteiger partial charge in [0.2, 0.25) is 11.8 Å². The number of benzene rings is 1. The van der Waals surface area contributed by atoms with Crippen LogP contribution in [0.25, 0.3) is 0 Å². The first-order valence-electron chi connectivity index (χ1n) is 8.11. The SMILES string of the molecule is CC(=O)N1c2ccccc2C[C@H]1C(=O)Nc1cc(C)n(CCC#N)n1. The molecule has 2 heterocycles. The molecular formula is C18H19N5O2. The fraction of sp³-hybridized carbons (Fsp3) is 0.333. The molecule has 1 aliphatic heterocycles. The smallest absolute Gasteiger partial charge is 0.249 e. The first-order valence-corrected chi connectivity index (χ1v) is 8.11. The highest BCUT2D eigenvalue weighted by atomic mass is 16.2. The number of hydrogen-bond donors (Lipinski definition) is 1. The molecule has 0 saturated heterocycles. The molecular weight excluding hydrogens is 318 g/mol. The van der Waals surface area contributed by atoms with Gasteiger partial charge in [-0.2, -0.15) is 10.4 Å². The molecule has 128 valence electrons. The van der Waals surface area contributed by atoms with Crippen molar-refractivity contribution < 1.29 is 9.59 Å². The van der Waals surface area contributed by atoms with Crippen molar-refractivity contribution in [2.75, 3.05) is 10.2 Å². The van der Waals surface area contributed by atoms with Crippen molar-refractivity contribution in [2.24, 2.45) is 0 Å². The van der Waals surface area contributed by atoms with Crippen molar-refractivity contribution in [3.05, 3.63) is 41.6 Å². The van der Waals surface area contributed by atoms with Gasteiger partial charge in [0.05, 0.1) is 19.0 Å². The van der Waals surface area contributed by atoms with E-state index in [1.807, 2.05) is 31.2 Å². The van der Waals surface area contributed by atoms with Crippen LogP contribution in [0.3, 0.4) is 0 Å². The predicted octanol–water partition coefficient (Wildman–Crippen LogP) is 2.02. The predicted molar refractivity (Wildman–Crippen MR) is 92.9 cm³/mol. The summed E-state index contributed by atoms with van der Waals surface area (Å²) in [4.78, 5) is 26.3. The summed E-state index contributed by atoms with van der Waals surface area (Å²) in [6.45, 7) is 3.81. The number of nitrogens with one attached hydrogen (secondary N) is 1. The molecule has 0 bridgehead atoms. The Kier molecular flexibility index (Phi) is 4.52. The third kappa shape index (κ3) is 3.24. The quantitative estimate of drug-likeness (QED) is 0.924. The monoisotopic (exact) mass is 337 g/mol. The molecule has 1 aromatic heterocycles. The lowest BCUT2D eigenvalue weighted by atomic mass is 10.1. The topological polar surface area (TPSA) is 91.0 Å². The number of nitriles is 1. The Labute approximate surface area is 145 Å².